The van der Waals surface area contributed by atoms with E-state index in [0.29, 0.717) is 37.5 Å². The molecule has 1 aliphatic rings. The third kappa shape index (κ3) is 4.68. The first kappa shape index (κ1) is 20.5. The van der Waals surface area contributed by atoms with Crippen molar-refractivity contribution in [2.24, 2.45) is 0 Å². The lowest BCUT2D eigenvalue weighted by molar-refractivity contribution is -0.138. The molecule has 0 saturated carbocycles. The topological polar surface area (TPSA) is 81.4 Å². The number of carbonyl (C=O) groups excluding carboxylic acids is 1. The maximum atomic E-state index is 12.7. The fourth-order valence-corrected chi connectivity index (χ4v) is 3.82. The van der Waals surface area contributed by atoms with Crippen LogP contribution in [-0.2, 0) is 22.4 Å². The molecule has 3 aromatic rings. The van der Waals surface area contributed by atoms with Crippen molar-refractivity contribution in [3.8, 4) is 0 Å². The number of carbonyl (C=O) groups is 1. The van der Waals surface area contributed by atoms with E-state index in [1.807, 2.05) is 37.3 Å². The van der Waals surface area contributed by atoms with Gasteiger partial charge < -0.3 is 9.64 Å². The van der Waals surface area contributed by atoms with Gasteiger partial charge >= 0.3 is 0 Å². The average Bonchev–Trinajstić information content (AvgIpc) is 3.14. The molecule has 1 atom stereocenters. The van der Waals surface area contributed by atoms with Crippen LogP contribution in [0.3, 0.4) is 0 Å². The molecule has 2 aromatic heterocycles. The minimum Gasteiger partial charge on any atom is -0.368 e. The van der Waals surface area contributed by atoms with Gasteiger partial charge in [0, 0.05) is 17.3 Å². The van der Waals surface area contributed by atoms with E-state index >= 15 is 0 Å². The second kappa shape index (κ2) is 8.93. The van der Waals surface area contributed by atoms with Crippen molar-refractivity contribution >= 4 is 17.5 Å². The van der Waals surface area contributed by atoms with Crippen LogP contribution < -0.4 is 0 Å². The molecular formula is C22H23ClN4O3. The van der Waals surface area contributed by atoms with E-state index in [2.05, 4.69) is 21.4 Å². The molecule has 3 heterocycles. The van der Waals surface area contributed by atoms with Crippen LogP contribution in [0, 0.1) is 13.8 Å². The van der Waals surface area contributed by atoms with Gasteiger partial charge in [-0.25, -0.2) is 4.63 Å². The van der Waals surface area contributed by atoms with Crippen LogP contribution in [0.15, 0.2) is 41.0 Å². The molecular weight excluding hydrogens is 404 g/mol. The van der Waals surface area contributed by atoms with E-state index in [9.17, 15) is 4.79 Å². The van der Waals surface area contributed by atoms with Crippen LogP contribution >= 0.6 is 11.6 Å². The fraction of sp³-hybridized carbons (Fsp3) is 0.364. The van der Waals surface area contributed by atoms with Crippen LogP contribution in [0.5, 0.6) is 0 Å². The van der Waals surface area contributed by atoms with Crippen LogP contribution in [0.25, 0.3) is 0 Å². The number of ether oxygens (including phenoxy) is 1. The summed E-state index contributed by atoms with van der Waals surface area (Å²) in [5, 5.41) is 8.29. The molecule has 7 nitrogen and oxygen atoms in total. The standard InChI is InChI=1S/C22H23ClN4O3/c1-14-9-16(10-17-5-3-4-6-18(17)23)11-20(24-14)21-13-27(7-8-29-21)22(28)12-19-15(2)25-30-26-19/h3-6,9,11,21H,7-8,10,12-13H2,1-2H3. The molecule has 0 radical (unpaired) electrons. The summed E-state index contributed by atoms with van der Waals surface area (Å²) in [5.74, 6) is -0.0222. The quantitative estimate of drug-likeness (QED) is 0.621. The number of morpholine rings is 1. The molecule has 0 bridgehead atoms. The summed E-state index contributed by atoms with van der Waals surface area (Å²) in [6.45, 7) is 5.19. The second-order valence-electron chi connectivity index (χ2n) is 7.48. The van der Waals surface area contributed by atoms with E-state index in [1.165, 1.54) is 0 Å². The molecule has 1 aromatic carbocycles. The summed E-state index contributed by atoms with van der Waals surface area (Å²) in [5.41, 5.74) is 5.12. The number of rotatable bonds is 5. The van der Waals surface area contributed by atoms with Crippen molar-refractivity contribution < 1.29 is 14.2 Å². The van der Waals surface area contributed by atoms with Gasteiger partial charge in [-0.15, -0.1) is 0 Å². The monoisotopic (exact) mass is 426 g/mol. The Morgan fingerprint density at radius 1 is 1.23 bits per heavy atom. The lowest BCUT2D eigenvalue weighted by Crippen LogP contribution is -2.43. The van der Waals surface area contributed by atoms with Crippen molar-refractivity contribution in [2.75, 3.05) is 19.7 Å². The molecule has 4 rings (SSSR count). The van der Waals surface area contributed by atoms with Crippen molar-refractivity contribution in [2.45, 2.75) is 32.8 Å². The Bertz CT molecular complexity index is 1050. The minimum absolute atomic E-state index is 0.0222. The van der Waals surface area contributed by atoms with Crippen molar-refractivity contribution in [3.05, 3.63) is 75.3 Å². The number of hydrogen-bond donors (Lipinski definition) is 0. The highest BCUT2D eigenvalue weighted by atomic mass is 35.5. The molecule has 1 amide bonds. The Morgan fingerprint density at radius 2 is 2.07 bits per heavy atom. The lowest BCUT2D eigenvalue weighted by atomic mass is 10.0. The zero-order valence-electron chi connectivity index (χ0n) is 17.0. The highest BCUT2D eigenvalue weighted by Gasteiger charge is 2.27. The zero-order chi connectivity index (χ0) is 21.1. The van der Waals surface area contributed by atoms with E-state index in [-0.39, 0.29) is 18.4 Å². The Hall–Kier alpha value is -2.77. The number of aromatic nitrogens is 3. The molecule has 30 heavy (non-hydrogen) atoms. The summed E-state index contributed by atoms with van der Waals surface area (Å²) in [4.78, 5) is 19.2. The van der Waals surface area contributed by atoms with Crippen molar-refractivity contribution in [1.82, 2.24) is 20.2 Å². The van der Waals surface area contributed by atoms with Gasteiger partial charge in [0.1, 0.15) is 17.5 Å². The predicted octanol–water partition coefficient (Wildman–Crippen LogP) is 3.47. The third-order valence-corrected chi connectivity index (χ3v) is 5.57. The maximum absolute atomic E-state index is 12.7. The maximum Gasteiger partial charge on any atom is 0.228 e. The van der Waals surface area contributed by atoms with E-state index in [4.69, 9.17) is 21.0 Å². The number of halogens is 1. The summed E-state index contributed by atoms with van der Waals surface area (Å²) in [7, 11) is 0. The van der Waals surface area contributed by atoms with Crippen molar-refractivity contribution in [3.63, 3.8) is 0 Å². The third-order valence-electron chi connectivity index (χ3n) is 5.20. The Morgan fingerprint density at radius 3 is 2.83 bits per heavy atom. The number of benzene rings is 1. The first-order chi connectivity index (χ1) is 14.5. The van der Waals surface area contributed by atoms with Gasteiger partial charge in [0.2, 0.25) is 5.91 Å². The van der Waals surface area contributed by atoms with E-state index in [1.54, 1.807) is 11.8 Å². The van der Waals surface area contributed by atoms with Crippen LogP contribution in [-0.4, -0.2) is 45.8 Å². The molecule has 1 unspecified atom stereocenters. The largest absolute Gasteiger partial charge is 0.368 e. The molecule has 8 heteroatoms. The molecule has 156 valence electrons. The van der Waals surface area contributed by atoms with E-state index in [0.717, 1.165) is 27.5 Å². The normalized spacial score (nSPS) is 16.6. The Balaban J connectivity index is 1.49. The van der Waals surface area contributed by atoms with Gasteiger partial charge in [-0.1, -0.05) is 40.1 Å². The van der Waals surface area contributed by atoms with Gasteiger partial charge in [-0.2, -0.15) is 0 Å². The van der Waals surface area contributed by atoms with Gasteiger partial charge in [0.15, 0.2) is 0 Å². The summed E-state index contributed by atoms with van der Waals surface area (Å²) in [6, 6.07) is 11.9. The molecule has 0 spiro atoms. The second-order valence-corrected chi connectivity index (χ2v) is 7.89. The SMILES string of the molecule is Cc1cc(Cc2ccccc2Cl)cc(C2CN(C(=O)Cc3nonc3C)CCO2)n1. The minimum atomic E-state index is -0.274. The summed E-state index contributed by atoms with van der Waals surface area (Å²) in [6.07, 6.45) is 0.606. The Kier molecular flexibility index (Phi) is 6.11. The first-order valence-electron chi connectivity index (χ1n) is 9.88. The zero-order valence-corrected chi connectivity index (χ0v) is 17.7. The smallest absolute Gasteiger partial charge is 0.228 e. The average molecular weight is 427 g/mol. The molecule has 1 aliphatic heterocycles. The van der Waals surface area contributed by atoms with Gasteiger partial charge in [-0.3, -0.25) is 9.78 Å². The summed E-state index contributed by atoms with van der Waals surface area (Å²) >= 11 is 6.33. The highest BCUT2D eigenvalue weighted by molar-refractivity contribution is 6.31. The number of aryl methyl sites for hydroxylation is 2. The van der Waals surface area contributed by atoms with Crippen LogP contribution in [0.4, 0.5) is 0 Å². The lowest BCUT2D eigenvalue weighted by Gasteiger charge is -2.33. The first-order valence-corrected chi connectivity index (χ1v) is 10.3. The summed E-state index contributed by atoms with van der Waals surface area (Å²) < 4.78 is 10.7. The van der Waals surface area contributed by atoms with Gasteiger partial charge in [0.25, 0.3) is 0 Å². The molecule has 1 fully saturated rings. The number of amides is 1. The van der Waals surface area contributed by atoms with E-state index < -0.39 is 0 Å². The molecule has 0 aliphatic carbocycles. The molecule has 0 N–H and O–H groups in total. The van der Waals surface area contributed by atoms with Crippen molar-refractivity contribution in [1.29, 1.82) is 0 Å². The predicted molar refractivity (Wildman–Crippen MR) is 111 cm³/mol. The fourth-order valence-electron chi connectivity index (χ4n) is 3.62. The number of pyridine rings is 1. The number of hydrogen-bond acceptors (Lipinski definition) is 6. The van der Waals surface area contributed by atoms with Crippen LogP contribution in [0.1, 0.15) is 40.0 Å². The van der Waals surface area contributed by atoms with Gasteiger partial charge in [0.05, 0.1) is 25.3 Å². The van der Waals surface area contributed by atoms with Gasteiger partial charge in [-0.05, 0) is 49.6 Å². The Labute approximate surface area is 180 Å². The molecule has 1 saturated heterocycles. The highest BCUT2D eigenvalue weighted by Crippen LogP contribution is 2.25. The van der Waals surface area contributed by atoms with Crippen LogP contribution in [0.2, 0.25) is 5.02 Å². The number of nitrogens with zero attached hydrogens (tertiary/aromatic N) is 4.